The number of rotatable bonds is 6. The molecule has 1 N–H and O–H groups in total. The van der Waals surface area contributed by atoms with Crippen molar-refractivity contribution < 1.29 is 24.2 Å². The van der Waals surface area contributed by atoms with Crippen LogP contribution in [0.1, 0.15) is 51.4 Å². The molecule has 2 fully saturated rings. The molecule has 0 spiro atoms. The Morgan fingerprint density at radius 2 is 1.84 bits per heavy atom. The highest BCUT2D eigenvalue weighted by atomic mass is 16.5. The number of para-hydroxylation sites is 1. The highest BCUT2D eigenvalue weighted by molar-refractivity contribution is 5.86. The van der Waals surface area contributed by atoms with Crippen molar-refractivity contribution in [2.24, 2.45) is 11.3 Å². The van der Waals surface area contributed by atoms with Gasteiger partial charge in [-0.05, 0) is 41.7 Å². The summed E-state index contributed by atoms with van der Waals surface area (Å²) in [7, 11) is 1.58. The number of carboxylic acids is 1. The molecule has 7 rings (SSSR count). The minimum Gasteiger partial charge on any atom is -0.496 e. The van der Waals surface area contributed by atoms with Gasteiger partial charge in [0, 0.05) is 41.5 Å². The van der Waals surface area contributed by atoms with Gasteiger partial charge in [0.2, 0.25) is 5.91 Å². The quantitative estimate of drug-likeness (QED) is 0.511. The Bertz CT molecular complexity index is 1400. The van der Waals surface area contributed by atoms with Crippen LogP contribution >= 0.6 is 0 Å². The number of carbonyl (C=O) groups excluding carboxylic acids is 2. The average molecular weight is 496 g/mol. The maximum atomic E-state index is 13.7. The molecule has 3 aromatic rings. The van der Waals surface area contributed by atoms with Crippen LogP contribution in [0.3, 0.4) is 0 Å². The molecule has 0 aromatic heterocycles. The maximum Gasteiger partial charge on any atom is 0.312 e. The average Bonchev–Trinajstić information content (AvgIpc) is 3.38. The number of carbonyl (C=O) groups is 3. The Hall–Kier alpha value is -3.93. The molecule has 2 bridgehead atoms. The smallest absolute Gasteiger partial charge is 0.312 e. The number of methoxy groups -OCH3 is 1. The van der Waals surface area contributed by atoms with E-state index < -0.39 is 16.8 Å². The second-order valence-corrected chi connectivity index (χ2v) is 10.6. The van der Waals surface area contributed by atoms with Crippen LogP contribution in [0.15, 0.2) is 72.8 Å². The van der Waals surface area contributed by atoms with E-state index in [2.05, 4.69) is 12.1 Å². The molecule has 4 aliphatic rings. The molecular formula is C31H29NO5. The predicted octanol–water partition coefficient (Wildman–Crippen LogP) is 4.46. The van der Waals surface area contributed by atoms with Crippen LogP contribution in [0.4, 0.5) is 0 Å². The number of fused-ring (bicyclic) bond motifs is 1. The first kappa shape index (κ1) is 23.5. The molecule has 6 nitrogen and oxygen atoms in total. The second kappa shape index (κ2) is 8.58. The SMILES string of the molecule is COc1ccccc1CC(=O)N1CC2C3(c4ccccc4)CCC(c4cc(C=O)ccc43)C2(C(=O)O)C1. The van der Waals surface area contributed by atoms with Crippen molar-refractivity contribution in [2.45, 2.75) is 30.6 Å². The van der Waals surface area contributed by atoms with Crippen LogP contribution in [0.25, 0.3) is 0 Å². The van der Waals surface area contributed by atoms with E-state index in [1.807, 2.05) is 60.7 Å². The van der Waals surface area contributed by atoms with E-state index in [1.165, 1.54) is 0 Å². The second-order valence-electron chi connectivity index (χ2n) is 10.6. The first-order valence-corrected chi connectivity index (χ1v) is 12.7. The zero-order valence-corrected chi connectivity index (χ0v) is 20.7. The Balaban J connectivity index is 1.49. The lowest BCUT2D eigenvalue weighted by Crippen LogP contribution is -2.60. The molecular weight excluding hydrogens is 466 g/mol. The predicted molar refractivity (Wildman–Crippen MR) is 138 cm³/mol. The minimum atomic E-state index is -1.13. The van der Waals surface area contributed by atoms with Crippen molar-refractivity contribution in [3.05, 3.63) is 101 Å². The van der Waals surface area contributed by atoms with Crippen molar-refractivity contribution in [1.29, 1.82) is 0 Å². The summed E-state index contributed by atoms with van der Waals surface area (Å²) in [5, 5.41) is 10.9. The van der Waals surface area contributed by atoms with Crippen LogP contribution in [-0.4, -0.2) is 48.4 Å². The topological polar surface area (TPSA) is 83.9 Å². The molecule has 1 heterocycles. The van der Waals surface area contributed by atoms with Gasteiger partial charge in [-0.1, -0.05) is 60.7 Å². The van der Waals surface area contributed by atoms with E-state index in [-0.39, 0.29) is 30.7 Å². The highest BCUT2D eigenvalue weighted by Crippen LogP contribution is 2.69. The molecule has 3 aromatic carbocycles. The van der Waals surface area contributed by atoms with Gasteiger partial charge in [-0.25, -0.2) is 0 Å². The molecule has 37 heavy (non-hydrogen) atoms. The van der Waals surface area contributed by atoms with Crippen molar-refractivity contribution in [3.63, 3.8) is 0 Å². The number of hydrogen-bond acceptors (Lipinski definition) is 4. The van der Waals surface area contributed by atoms with Crippen molar-refractivity contribution in [2.75, 3.05) is 20.2 Å². The van der Waals surface area contributed by atoms with Gasteiger partial charge < -0.3 is 14.7 Å². The van der Waals surface area contributed by atoms with Crippen molar-refractivity contribution >= 4 is 18.2 Å². The monoisotopic (exact) mass is 495 g/mol. The molecule has 6 heteroatoms. The summed E-state index contributed by atoms with van der Waals surface area (Å²) >= 11 is 0. The van der Waals surface area contributed by atoms with Crippen LogP contribution in [-0.2, 0) is 21.4 Å². The Kier molecular flexibility index (Phi) is 5.44. The summed E-state index contributed by atoms with van der Waals surface area (Å²) in [6.45, 7) is 0.533. The van der Waals surface area contributed by atoms with Gasteiger partial charge in [-0.2, -0.15) is 0 Å². The lowest BCUT2D eigenvalue weighted by molar-refractivity contribution is -0.157. The normalized spacial score (nSPS) is 27.3. The number of amides is 1. The van der Waals surface area contributed by atoms with Gasteiger partial charge in [0.1, 0.15) is 12.0 Å². The summed E-state index contributed by atoms with van der Waals surface area (Å²) < 4.78 is 5.45. The molecule has 1 aliphatic heterocycles. The van der Waals surface area contributed by atoms with Gasteiger partial charge in [0.15, 0.2) is 0 Å². The summed E-state index contributed by atoms with van der Waals surface area (Å²) in [6.07, 6.45) is 2.48. The summed E-state index contributed by atoms with van der Waals surface area (Å²) in [5.41, 5.74) is 2.77. The summed E-state index contributed by atoms with van der Waals surface area (Å²) in [4.78, 5) is 40.4. The first-order chi connectivity index (χ1) is 18.0. The van der Waals surface area contributed by atoms with Crippen LogP contribution in [0.2, 0.25) is 0 Å². The summed E-state index contributed by atoms with van der Waals surface area (Å²) in [6, 6.07) is 23.3. The molecule has 3 aliphatic carbocycles. The van der Waals surface area contributed by atoms with E-state index in [4.69, 9.17) is 4.74 Å². The number of carboxylic acid groups (broad SMARTS) is 1. The number of benzene rings is 3. The number of ether oxygens (including phenoxy) is 1. The lowest BCUT2D eigenvalue weighted by atomic mass is 9.42. The fourth-order valence-electron chi connectivity index (χ4n) is 7.65. The number of nitrogens with zero attached hydrogens (tertiary/aromatic N) is 1. The van der Waals surface area contributed by atoms with Crippen molar-refractivity contribution in [3.8, 4) is 5.75 Å². The molecule has 4 atom stereocenters. The zero-order valence-electron chi connectivity index (χ0n) is 20.7. The Morgan fingerprint density at radius 3 is 2.57 bits per heavy atom. The molecule has 0 radical (unpaired) electrons. The Labute approximate surface area is 215 Å². The third kappa shape index (κ3) is 3.21. The number of likely N-dealkylation sites (tertiary alicyclic amines) is 1. The van der Waals surface area contributed by atoms with Gasteiger partial charge in [0.05, 0.1) is 18.9 Å². The lowest BCUT2D eigenvalue weighted by Gasteiger charge is -2.59. The van der Waals surface area contributed by atoms with Crippen molar-refractivity contribution in [1.82, 2.24) is 4.90 Å². The van der Waals surface area contributed by atoms with E-state index in [0.29, 0.717) is 24.3 Å². The number of hydrogen-bond donors (Lipinski definition) is 1. The van der Waals surface area contributed by atoms with E-state index >= 15 is 0 Å². The van der Waals surface area contributed by atoms with Crippen LogP contribution < -0.4 is 4.74 Å². The van der Waals surface area contributed by atoms with E-state index in [1.54, 1.807) is 12.0 Å². The molecule has 1 amide bonds. The standard InChI is InChI=1S/C31H29NO5/c1-37-26-10-6-5-7-21(26)16-28(34)32-17-27-30(22-8-3-2-4-9-22)14-13-25(31(27,19-32)29(35)36)23-15-20(18-33)11-12-24(23)30/h2-12,15,18,25,27H,13-14,16-17,19H2,1H3,(H,35,36). The van der Waals surface area contributed by atoms with E-state index in [0.717, 1.165) is 35.0 Å². The fraction of sp³-hybridized carbons (Fsp3) is 0.323. The van der Waals surface area contributed by atoms with Gasteiger partial charge in [-0.3, -0.25) is 14.4 Å². The molecule has 4 unspecified atom stereocenters. The molecule has 1 saturated heterocycles. The number of aldehydes is 1. The maximum absolute atomic E-state index is 13.7. The zero-order chi connectivity index (χ0) is 25.8. The van der Waals surface area contributed by atoms with Crippen LogP contribution in [0.5, 0.6) is 5.75 Å². The minimum absolute atomic E-state index is 0.0974. The number of aliphatic carboxylic acids is 1. The van der Waals surface area contributed by atoms with E-state index in [9.17, 15) is 19.5 Å². The Morgan fingerprint density at radius 1 is 1.08 bits per heavy atom. The highest BCUT2D eigenvalue weighted by Gasteiger charge is 2.70. The first-order valence-electron chi connectivity index (χ1n) is 12.7. The third-order valence-corrected chi connectivity index (χ3v) is 9.16. The molecule has 1 saturated carbocycles. The van der Waals surface area contributed by atoms with Gasteiger partial charge in [0.25, 0.3) is 0 Å². The van der Waals surface area contributed by atoms with Crippen LogP contribution in [0, 0.1) is 11.3 Å². The molecule has 188 valence electrons. The fourth-order valence-corrected chi connectivity index (χ4v) is 7.65. The van der Waals surface area contributed by atoms with Gasteiger partial charge >= 0.3 is 5.97 Å². The third-order valence-electron chi connectivity index (χ3n) is 9.16. The largest absolute Gasteiger partial charge is 0.496 e. The van der Waals surface area contributed by atoms with Gasteiger partial charge in [-0.15, -0.1) is 0 Å². The summed E-state index contributed by atoms with van der Waals surface area (Å²) in [5.74, 6) is -0.860.